The molecule has 0 amide bonds. The van der Waals surface area contributed by atoms with Crippen molar-refractivity contribution in [1.29, 1.82) is 0 Å². The Kier molecular flexibility index (Phi) is 17.9. The van der Waals surface area contributed by atoms with E-state index in [9.17, 15) is 19.5 Å². The number of phenolic OH excluding ortho intramolecular Hbond substituents is 8. The molecule has 0 unspecified atom stereocenters. The average Bonchev–Trinajstić information content (AvgIpc) is 3.11. The van der Waals surface area contributed by atoms with Gasteiger partial charge in [-0.25, -0.2) is 14.4 Å². The fourth-order valence-corrected chi connectivity index (χ4v) is 4.53. The Labute approximate surface area is 326 Å². The monoisotopic (exact) mass is 782 g/mol. The lowest BCUT2D eigenvalue weighted by Gasteiger charge is -2.27. The number of phenols is 8. The molecule has 0 fully saturated rings. The highest BCUT2D eigenvalue weighted by atomic mass is 16.5. The summed E-state index contributed by atoms with van der Waals surface area (Å²) in [5.74, 6) is -5.48. The fourth-order valence-electron chi connectivity index (χ4n) is 4.53. The van der Waals surface area contributed by atoms with Crippen molar-refractivity contribution in [3.63, 3.8) is 0 Å². The Morgan fingerprint density at radius 1 is 0.518 bits per heavy atom. The molecule has 306 valence electrons. The van der Waals surface area contributed by atoms with Crippen LogP contribution >= 0.6 is 0 Å². The standard InChI is InChI=1S/C15H24O.C10H12O5.C10H12O3.C7H6O5/c1-10-8-11(14(2,3)4)13(16)12(9-10)15(5,6)7;1-2-3-15-10(14)6-4-7(11)9(13)8(12)5-6;1-2-7-13-10(12)8-3-5-9(11)6-4-8;8-4-1-3(7(11)12)2-5(9)6(4)10/h8-9,16H,1-7H3;4-5,11-13H,2-3H2,1H3;3-6,11H,2,7H2,1H3;1-2,8-10H,(H,11,12). The Balaban J connectivity index is 0.000000375. The van der Waals surface area contributed by atoms with Gasteiger partial charge < -0.3 is 55.4 Å². The molecule has 56 heavy (non-hydrogen) atoms. The van der Waals surface area contributed by atoms with Crippen LogP contribution in [0.25, 0.3) is 0 Å². The lowest BCUT2D eigenvalue weighted by atomic mass is 9.78. The number of hydrogen-bond donors (Lipinski definition) is 9. The van der Waals surface area contributed by atoms with Crippen LogP contribution in [0, 0.1) is 6.92 Å². The van der Waals surface area contributed by atoms with E-state index in [0.29, 0.717) is 24.3 Å². The second kappa shape index (κ2) is 21.0. The summed E-state index contributed by atoms with van der Waals surface area (Å²) in [5, 5.41) is 81.6. The first-order valence-corrected chi connectivity index (χ1v) is 17.6. The van der Waals surface area contributed by atoms with E-state index in [4.69, 9.17) is 50.3 Å². The van der Waals surface area contributed by atoms with E-state index in [0.717, 1.165) is 41.8 Å². The van der Waals surface area contributed by atoms with Gasteiger partial charge in [-0.05, 0) is 90.3 Å². The number of hydrogen-bond acceptors (Lipinski definition) is 13. The van der Waals surface area contributed by atoms with E-state index < -0.39 is 46.4 Å². The minimum atomic E-state index is -1.29. The molecular formula is C42H54O14. The summed E-state index contributed by atoms with van der Waals surface area (Å²) in [4.78, 5) is 32.8. The van der Waals surface area contributed by atoms with Gasteiger partial charge >= 0.3 is 17.9 Å². The first-order chi connectivity index (χ1) is 25.8. The molecule has 9 N–H and O–H groups in total. The van der Waals surface area contributed by atoms with Crippen molar-refractivity contribution in [1.82, 2.24) is 0 Å². The van der Waals surface area contributed by atoms with Gasteiger partial charge in [0, 0.05) is 0 Å². The van der Waals surface area contributed by atoms with Crippen LogP contribution < -0.4 is 0 Å². The van der Waals surface area contributed by atoms with Crippen LogP contribution in [-0.2, 0) is 20.3 Å². The molecule has 14 heteroatoms. The zero-order valence-corrected chi connectivity index (χ0v) is 33.2. The molecule has 0 saturated heterocycles. The number of ether oxygens (including phenoxy) is 2. The van der Waals surface area contributed by atoms with Crippen LogP contribution in [0.5, 0.6) is 46.0 Å². The van der Waals surface area contributed by atoms with Crippen molar-refractivity contribution in [2.45, 2.75) is 86.0 Å². The first-order valence-electron chi connectivity index (χ1n) is 17.6. The Hall–Kier alpha value is -6.31. The van der Waals surface area contributed by atoms with Crippen molar-refractivity contribution in [3.05, 3.63) is 94.0 Å². The lowest BCUT2D eigenvalue weighted by molar-refractivity contribution is 0.0495. The number of aromatic hydroxyl groups is 8. The topological polar surface area (TPSA) is 252 Å². The smallest absolute Gasteiger partial charge is 0.338 e. The molecule has 4 aromatic carbocycles. The van der Waals surface area contributed by atoms with Crippen LogP contribution in [0.3, 0.4) is 0 Å². The molecule has 4 aromatic rings. The van der Waals surface area contributed by atoms with Gasteiger partial charge in [-0.1, -0.05) is 73.1 Å². The van der Waals surface area contributed by atoms with E-state index in [-0.39, 0.29) is 40.3 Å². The van der Waals surface area contributed by atoms with Crippen molar-refractivity contribution in [2.24, 2.45) is 0 Å². The molecule has 0 aliphatic rings. The summed E-state index contributed by atoms with van der Waals surface area (Å²) in [6.45, 7) is 19.4. The minimum absolute atomic E-state index is 0.00347. The molecule has 14 nitrogen and oxygen atoms in total. The summed E-state index contributed by atoms with van der Waals surface area (Å²) in [6.07, 6.45) is 1.49. The third-order valence-electron chi connectivity index (χ3n) is 7.47. The highest BCUT2D eigenvalue weighted by molar-refractivity contribution is 5.91. The summed E-state index contributed by atoms with van der Waals surface area (Å²) in [7, 11) is 0. The molecule has 0 aliphatic heterocycles. The second-order valence-corrected chi connectivity index (χ2v) is 14.6. The van der Waals surface area contributed by atoms with Gasteiger partial charge in [0.25, 0.3) is 0 Å². The zero-order chi connectivity index (χ0) is 43.1. The van der Waals surface area contributed by atoms with Gasteiger partial charge in [0.05, 0.1) is 29.9 Å². The number of carboxylic acid groups (broad SMARTS) is 1. The van der Waals surface area contributed by atoms with Crippen molar-refractivity contribution in [3.8, 4) is 46.0 Å². The van der Waals surface area contributed by atoms with Gasteiger partial charge in [-0.15, -0.1) is 0 Å². The lowest BCUT2D eigenvalue weighted by Crippen LogP contribution is -2.17. The summed E-state index contributed by atoms with van der Waals surface area (Å²) < 4.78 is 9.68. The maximum atomic E-state index is 11.3. The number of carbonyl (C=O) groups is 3. The summed E-state index contributed by atoms with van der Waals surface area (Å²) >= 11 is 0. The number of aryl methyl sites for hydroxylation is 1. The number of rotatable bonds is 7. The zero-order valence-electron chi connectivity index (χ0n) is 33.2. The largest absolute Gasteiger partial charge is 0.508 e. The van der Waals surface area contributed by atoms with Gasteiger partial charge in [-0.3, -0.25) is 0 Å². The first kappa shape index (κ1) is 47.7. The maximum absolute atomic E-state index is 11.3. The van der Waals surface area contributed by atoms with Crippen molar-refractivity contribution < 1.29 is 69.8 Å². The van der Waals surface area contributed by atoms with Crippen LogP contribution in [0.4, 0.5) is 0 Å². The SMILES string of the molecule is CCCOC(=O)c1cc(O)c(O)c(O)c1.CCCOC(=O)c1ccc(O)cc1.Cc1cc(C(C)(C)C)c(O)c(C(C)(C)C)c1.O=C(O)c1cc(O)c(O)c(O)c1. The van der Waals surface area contributed by atoms with E-state index in [1.807, 2.05) is 13.8 Å². The summed E-state index contributed by atoms with van der Waals surface area (Å²) in [6, 6.07) is 13.9. The average molecular weight is 783 g/mol. The van der Waals surface area contributed by atoms with Gasteiger partial charge in [-0.2, -0.15) is 0 Å². The number of carbonyl (C=O) groups excluding carboxylic acids is 2. The molecule has 0 atom stereocenters. The van der Waals surface area contributed by atoms with Crippen LogP contribution in [-0.4, -0.2) is 77.1 Å². The Morgan fingerprint density at radius 3 is 1.18 bits per heavy atom. The van der Waals surface area contributed by atoms with Gasteiger partial charge in [0.15, 0.2) is 34.5 Å². The van der Waals surface area contributed by atoms with E-state index in [1.54, 1.807) is 0 Å². The number of carboxylic acids is 1. The third kappa shape index (κ3) is 14.8. The highest BCUT2D eigenvalue weighted by Gasteiger charge is 2.25. The van der Waals surface area contributed by atoms with Crippen molar-refractivity contribution >= 4 is 17.9 Å². The van der Waals surface area contributed by atoms with Crippen molar-refractivity contribution in [2.75, 3.05) is 13.2 Å². The van der Waals surface area contributed by atoms with Crippen LogP contribution in [0.2, 0.25) is 0 Å². The highest BCUT2D eigenvalue weighted by Crippen LogP contribution is 2.40. The fraction of sp³-hybridized carbons (Fsp3) is 0.357. The van der Waals surface area contributed by atoms with Crippen LogP contribution in [0.15, 0.2) is 60.7 Å². The Morgan fingerprint density at radius 2 is 0.857 bits per heavy atom. The minimum Gasteiger partial charge on any atom is -0.508 e. The quantitative estimate of drug-likeness (QED) is 0.0634. The van der Waals surface area contributed by atoms with Gasteiger partial charge in [0.1, 0.15) is 11.5 Å². The van der Waals surface area contributed by atoms with Gasteiger partial charge in [0.2, 0.25) is 0 Å². The molecule has 0 spiro atoms. The predicted octanol–water partition coefficient (Wildman–Crippen LogP) is 8.13. The Bertz CT molecular complexity index is 1850. The molecule has 0 saturated carbocycles. The molecular weight excluding hydrogens is 728 g/mol. The molecule has 0 radical (unpaired) electrons. The summed E-state index contributed by atoms with van der Waals surface area (Å²) in [5.41, 5.74) is 3.43. The predicted molar refractivity (Wildman–Crippen MR) is 209 cm³/mol. The van der Waals surface area contributed by atoms with E-state index >= 15 is 0 Å². The maximum Gasteiger partial charge on any atom is 0.338 e. The van der Waals surface area contributed by atoms with E-state index in [2.05, 4.69) is 60.6 Å². The molecule has 0 aliphatic carbocycles. The second-order valence-electron chi connectivity index (χ2n) is 14.6. The third-order valence-corrected chi connectivity index (χ3v) is 7.47. The normalized spacial score (nSPS) is 10.7. The number of benzene rings is 4. The van der Waals surface area contributed by atoms with Crippen LogP contribution in [0.1, 0.15) is 116 Å². The molecule has 0 aromatic heterocycles. The number of aromatic carboxylic acids is 1. The molecule has 4 rings (SSSR count). The molecule has 0 heterocycles. The number of esters is 2. The molecule has 0 bridgehead atoms. The van der Waals surface area contributed by atoms with E-state index in [1.165, 1.54) is 29.8 Å².